The van der Waals surface area contributed by atoms with Crippen LogP contribution in [0.3, 0.4) is 0 Å². The predicted molar refractivity (Wildman–Crippen MR) is 149 cm³/mol. The molecule has 0 radical (unpaired) electrons. The fraction of sp³-hybridized carbons (Fsp3) is 0.516. The predicted octanol–water partition coefficient (Wildman–Crippen LogP) is 9.11. The summed E-state index contributed by atoms with van der Waals surface area (Å²) < 4.78 is 0. The fourth-order valence-electron chi connectivity index (χ4n) is 4.79. The van der Waals surface area contributed by atoms with Gasteiger partial charge in [0.05, 0.1) is 5.69 Å². The van der Waals surface area contributed by atoms with E-state index in [-0.39, 0.29) is 10.8 Å². The molecule has 1 fully saturated rings. The first-order valence-corrected chi connectivity index (χ1v) is 14.9. The summed E-state index contributed by atoms with van der Waals surface area (Å²) in [5.74, 6) is 2.71. The van der Waals surface area contributed by atoms with E-state index in [2.05, 4.69) is 104 Å². The summed E-state index contributed by atoms with van der Waals surface area (Å²) in [6, 6.07) is 16.6. The second kappa shape index (κ2) is 8.15. The van der Waals surface area contributed by atoms with E-state index in [1.54, 1.807) is 4.90 Å². The monoisotopic (exact) mass is 461 g/mol. The lowest BCUT2D eigenvalue weighted by atomic mass is 9.79. The number of nitrogens with zero attached hydrogens (tertiary/aromatic N) is 1. The second-order valence-electron chi connectivity index (χ2n) is 13.2. The Bertz CT molecular complexity index is 1130. The van der Waals surface area contributed by atoms with Crippen LogP contribution in [0.2, 0.25) is 0 Å². The zero-order valence-corrected chi connectivity index (χ0v) is 23.1. The normalized spacial score (nSPS) is 19.4. The van der Waals surface area contributed by atoms with Crippen molar-refractivity contribution in [1.29, 1.82) is 0 Å². The molecule has 1 saturated heterocycles. The molecule has 4 rings (SSSR count). The van der Waals surface area contributed by atoms with E-state index in [1.165, 1.54) is 51.8 Å². The van der Waals surface area contributed by atoms with Crippen LogP contribution in [-0.2, 0) is 10.8 Å². The standard InChI is InChI=1S/C31H43NS/c1-29(2,3)24-18-23(19-25(21-24)30(4,5)6)28-27-11-10-26(20-22(27)12-15-32-28)33(9)16-13-31(7,8)14-17-33/h10-12,15,18-21H,13-14,16-17H2,1-9H3. The van der Waals surface area contributed by atoms with Crippen LogP contribution in [0.4, 0.5) is 0 Å². The van der Waals surface area contributed by atoms with Crippen molar-refractivity contribution in [2.45, 2.75) is 84.0 Å². The fourth-order valence-corrected chi connectivity index (χ4v) is 8.28. The molecule has 0 aliphatic carbocycles. The Morgan fingerprint density at radius 2 is 1.36 bits per heavy atom. The minimum absolute atomic E-state index is 0.0977. The Kier molecular flexibility index (Phi) is 6.01. The van der Waals surface area contributed by atoms with Crippen molar-refractivity contribution in [3.63, 3.8) is 0 Å². The van der Waals surface area contributed by atoms with Gasteiger partial charge in [0.25, 0.3) is 0 Å². The summed E-state index contributed by atoms with van der Waals surface area (Å²) in [6.07, 6.45) is 7.23. The van der Waals surface area contributed by atoms with Crippen molar-refractivity contribution in [2.24, 2.45) is 5.41 Å². The Hall–Kier alpha value is -1.80. The van der Waals surface area contributed by atoms with E-state index in [4.69, 9.17) is 4.98 Å². The zero-order chi connectivity index (χ0) is 24.2. The van der Waals surface area contributed by atoms with Crippen LogP contribution in [0.25, 0.3) is 22.0 Å². The topological polar surface area (TPSA) is 12.9 Å². The molecule has 2 aromatic carbocycles. The molecule has 0 N–H and O–H groups in total. The van der Waals surface area contributed by atoms with Crippen molar-refractivity contribution in [2.75, 3.05) is 17.8 Å². The van der Waals surface area contributed by atoms with Gasteiger partial charge in [0.1, 0.15) is 0 Å². The van der Waals surface area contributed by atoms with Crippen LogP contribution in [0.1, 0.15) is 79.4 Å². The lowest BCUT2D eigenvalue weighted by molar-refractivity contribution is 0.333. The molecule has 0 unspecified atom stereocenters. The Morgan fingerprint density at radius 3 is 1.91 bits per heavy atom. The first-order chi connectivity index (χ1) is 15.2. The van der Waals surface area contributed by atoms with Gasteiger partial charge in [0, 0.05) is 17.1 Å². The summed E-state index contributed by atoms with van der Waals surface area (Å²) in [5, 5.41) is 2.60. The molecule has 1 aromatic heterocycles. The molecular weight excluding hydrogens is 418 g/mol. The van der Waals surface area contributed by atoms with Gasteiger partial charge >= 0.3 is 0 Å². The van der Waals surface area contributed by atoms with Gasteiger partial charge in [-0.05, 0) is 98.6 Å². The number of pyridine rings is 1. The minimum Gasteiger partial charge on any atom is -0.256 e. The molecule has 33 heavy (non-hydrogen) atoms. The van der Waals surface area contributed by atoms with Crippen LogP contribution in [0.15, 0.2) is 53.6 Å². The van der Waals surface area contributed by atoms with Gasteiger partial charge in [0.15, 0.2) is 0 Å². The van der Waals surface area contributed by atoms with Gasteiger partial charge in [-0.15, -0.1) is 0 Å². The van der Waals surface area contributed by atoms with Crippen LogP contribution in [0, 0.1) is 5.41 Å². The van der Waals surface area contributed by atoms with E-state index < -0.39 is 10.0 Å². The van der Waals surface area contributed by atoms with Crippen molar-refractivity contribution >= 4 is 20.8 Å². The van der Waals surface area contributed by atoms with Gasteiger partial charge in [-0.3, -0.25) is 4.98 Å². The number of hydrogen-bond acceptors (Lipinski definition) is 1. The number of rotatable bonds is 2. The molecule has 1 aliphatic heterocycles. The first kappa shape index (κ1) is 24.3. The molecule has 3 aromatic rings. The molecule has 1 aliphatic rings. The number of hydrogen-bond donors (Lipinski definition) is 0. The molecule has 2 heterocycles. The summed E-state index contributed by atoms with van der Waals surface area (Å²) >= 11 is 0. The molecule has 1 nitrogen and oxygen atoms in total. The van der Waals surface area contributed by atoms with Gasteiger partial charge in [0.2, 0.25) is 0 Å². The summed E-state index contributed by atoms with van der Waals surface area (Å²) in [5.41, 5.74) is 5.80. The average molecular weight is 462 g/mol. The average Bonchev–Trinajstić information content (AvgIpc) is 2.73. The Balaban J connectivity index is 1.82. The van der Waals surface area contributed by atoms with Crippen molar-refractivity contribution in [1.82, 2.24) is 4.98 Å². The molecular formula is C31H43NS. The third-order valence-electron chi connectivity index (χ3n) is 7.70. The van der Waals surface area contributed by atoms with Crippen molar-refractivity contribution in [3.8, 4) is 11.3 Å². The van der Waals surface area contributed by atoms with E-state index in [1.807, 2.05) is 6.20 Å². The molecule has 0 spiro atoms. The molecule has 0 saturated carbocycles. The van der Waals surface area contributed by atoms with Gasteiger partial charge in [-0.2, -0.15) is 0 Å². The summed E-state index contributed by atoms with van der Waals surface area (Å²) in [6.45, 7) is 18.7. The van der Waals surface area contributed by atoms with Gasteiger partial charge in [-0.25, -0.2) is 10.0 Å². The molecule has 0 atom stereocenters. The van der Waals surface area contributed by atoms with Crippen LogP contribution in [-0.4, -0.2) is 22.7 Å². The van der Waals surface area contributed by atoms with E-state index >= 15 is 0 Å². The lowest BCUT2D eigenvalue weighted by Crippen LogP contribution is -2.26. The highest BCUT2D eigenvalue weighted by Gasteiger charge is 2.32. The van der Waals surface area contributed by atoms with Crippen LogP contribution in [0.5, 0.6) is 0 Å². The third-order valence-corrected chi connectivity index (χ3v) is 11.3. The van der Waals surface area contributed by atoms with E-state index in [0.29, 0.717) is 5.41 Å². The maximum absolute atomic E-state index is 4.91. The lowest BCUT2D eigenvalue weighted by Gasteiger charge is -2.46. The number of aromatic nitrogens is 1. The van der Waals surface area contributed by atoms with Crippen LogP contribution >= 0.6 is 10.0 Å². The SMILES string of the molecule is CC1(C)CCS(C)(c2ccc3c(-c4cc(C(C)(C)C)cc(C(C)(C)C)c4)nccc3c2)CC1. The van der Waals surface area contributed by atoms with E-state index in [0.717, 1.165) is 5.69 Å². The molecule has 178 valence electrons. The number of fused-ring (bicyclic) bond motifs is 1. The smallest absolute Gasteiger partial charge is 0.0780 e. The highest BCUT2D eigenvalue weighted by Crippen LogP contribution is 2.59. The van der Waals surface area contributed by atoms with Crippen LogP contribution < -0.4 is 0 Å². The Labute approximate surface area is 203 Å². The van der Waals surface area contributed by atoms with Crippen molar-refractivity contribution in [3.05, 3.63) is 59.8 Å². The summed E-state index contributed by atoms with van der Waals surface area (Å²) in [7, 11) is -0.731. The number of benzene rings is 2. The highest BCUT2D eigenvalue weighted by atomic mass is 32.3. The van der Waals surface area contributed by atoms with Gasteiger partial charge in [-0.1, -0.05) is 67.5 Å². The third kappa shape index (κ3) is 5.02. The highest BCUT2D eigenvalue weighted by molar-refractivity contribution is 8.33. The second-order valence-corrected chi connectivity index (χ2v) is 17.0. The maximum Gasteiger partial charge on any atom is 0.0780 e. The van der Waals surface area contributed by atoms with Crippen molar-refractivity contribution < 1.29 is 0 Å². The largest absolute Gasteiger partial charge is 0.256 e. The zero-order valence-electron chi connectivity index (χ0n) is 22.3. The molecule has 2 heteroatoms. The quantitative estimate of drug-likeness (QED) is 0.371. The Morgan fingerprint density at radius 1 is 0.788 bits per heavy atom. The molecule has 0 bridgehead atoms. The first-order valence-electron chi connectivity index (χ1n) is 12.5. The minimum atomic E-state index is -0.731. The van der Waals surface area contributed by atoms with Gasteiger partial charge < -0.3 is 0 Å². The maximum atomic E-state index is 4.91. The molecule has 0 amide bonds. The van der Waals surface area contributed by atoms with E-state index in [9.17, 15) is 0 Å². The summed E-state index contributed by atoms with van der Waals surface area (Å²) in [4.78, 5) is 6.48.